The highest BCUT2D eigenvalue weighted by Crippen LogP contribution is 2.45. The fraction of sp³-hybridized carbons (Fsp3) is 0.167. The van der Waals surface area contributed by atoms with Crippen LogP contribution in [0.5, 0.6) is 11.5 Å². The molecule has 0 bridgehead atoms. The first-order valence-electron chi connectivity index (χ1n) is 5.09. The van der Waals surface area contributed by atoms with Gasteiger partial charge < -0.3 is 4.74 Å². The lowest BCUT2D eigenvalue weighted by Crippen LogP contribution is -2.17. The van der Waals surface area contributed by atoms with Crippen LogP contribution >= 0.6 is 11.3 Å². The minimum atomic E-state index is -5.18. The number of thiophene rings is 1. The molecule has 0 saturated carbocycles. The lowest BCUT2D eigenvalue weighted by molar-refractivity contribution is -0.162. The van der Waals surface area contributed by atoms with Gasteiger partial charge in [0.1, 0.15) is 17.1 Å². The Bertz CT molecular complexity index is 585. The molecule has 0 aliphatic carbocycles. The number of halogens is 6. The number of hydrogen-bond donors (Lipinski definition) is 0. The maximum atomic E-state index is 12.9. The van der Waals surface area contributed by atoms with Crippen LogP contribution in [0.3, 0.4) is 0 Å². The van der Waals surface area contributed by atoms with Gasteiger partial charge in [0.15, 0.2) is 0 Å². The molecule has 0 N–H and O–H groups in total. The predicted molar refractivity (Wildman–Crippen MR) is 59.7 cm³/mol. The van der Waals surface area contributed by atoms with Gasteiger partial charge in [-0.2, -0.15) is 26.3 Å². The largest absolute Gasteiger partial charge is 0.456 e. The van der Waals surface area contributed by atoms with Crippen molar-refractivity contribution < 1.29 is 31.1 Å². The van der Waals surface area contributed by atoms with Crippen LogP contribution in [0.15, 0.2) is 29.6 Å². The Balaban J connectivity index is 2.57. The van der Waals surface area contributed by atoms with E-state index in [9.17, 15) is 26.3 Å². The van der Waals surface area contributed by atoms with Crippen LogP contribution in [0, 0.1) is 5.38 Å². The van der Waals surface area contributed by atoms with Gasteiger partial charge in [-0.15, -0.1) is 11.3 Å². The van der Waals surface area contributed by atoms with E-state index in [4.69, 9.17) is 4.74 Å². The molecule has 0 spiro atoms. The molecule has 2 rings (SSSR count). The highest BCUT2D eigenvalue weighted by atomic mass is 32.1. The van der Waals surface area contributed by atoms with E-state index >= 15 is 0 Å². The zero-order valence-electron chi connectivity index (χ0n) is 9.47. The van der Waals surface area contributed by atoms with Crippen LogP contribution in [0.4, 0.5) is 26.3 Å². The normalized spacial score (nSPS) is 12.5. The monoisotopic (exact) mass is 311 g/mol. The van der Waals surface area contributed by atoms with Crippen LogP contribution in [0.25, 0.3) is 0 Å². The molecule has 1 nitrogen and oxygen atoms in total. The van der Waals surface area contributed by atoms with Gasteiger partial charge in [0, 0.05) is 16.8 Å². The summed E-state index contributed by atoms with van der Waals surface area (Å²) in [4.78, 5) is 0. The first-order valence-corrected chi connectivity index (χ1v) is 5.97. The molecule has 107 valence electrons. The second kappa shape index (κ2) is 5.01. The Hall–Kier alpha value is -1.70. The molecule has 0 fully saturated rings. The molecule has 1 heterocycles. The summed E-state index contributed by atoms with van der Waals surface area (Å²) in [6, 6.07) is 3.32. The number of hydrogen-bond acceptors (Lipinski definition) is 2. The zero-order valence-corrected chi connectivity index (χ0v) is 10.3. The van der Waals surface area contributed by atoms with Gasteiger partial charge in [0.25, 0.3) is 0 Å². The molecule has 0 atom stereocenters. The summed E-state index contributed by atoms with van der Waals surface area (Å²) >= 11 is 1.03. The molecule has 0 aliphatic heterocycles. The molecule has 1 aromatic carbocycles. The third-order valence-electron chi connectivity index (χ3n) is 2.29. The summed E-state index contributed by atoms with van der Waals surface area (Å²) in [5.74, 6) is -0.890. The van der Waals surface area contributed by atoms with Gasteiger partial charge >= 0.3 is 12.4 Å². The topological polar surface area (TPSA) is 9.23 Å². The van der Waals surface area contributed by atoms with Crippen molar-refractivity contribution in [2.24, 2.45) is 0 Å². The molecule has 1 aromatic heterocycles. The Morgan fingerprint density at radius 3 is 2.20 bits per heavy atom. The number of alkyl halides is 6. The average molecular weight is 311 g/mol. The lowest BCUT2D eigenvalue weighted by atomic mass is 10.1. The summed E-state index contributed by atoms with van der Waals surface area (Å²) < 4.78 is 81.6. The van der Waals surface area contributed by atoms with Gasteiger partial charge in [0.2, 0.25) is 0 Å². The summed E-state index contributed by atoms with van der Waals surface area (Å²) in [7, 11) is 0. The lowest BCUT2D eigenvalue weighted by Gasteiger charge is -2.18. The van der Waals surface area contributed by atoms with Crippen molar-refractivity contribution in [2.45, 2.75) is 12.4 Å². The number of rotatable bonds is 2. The van der Waals surface area contributed by atoms with Crippen LogP contribution < -0.4 is 4.74 Å². The van der Waals surface area contributed by atoms with E-state index < -0.39 is 29.2 Å². The second-order valence-electron chi connectivity index (χ2n) is 3.68. The van der Waals surface area contributed by atoms with E-state index in [-0.39, 0.29) is 5.75 Å². The molecule has 20 heavy (non-hydrogen) atoms. The Labute approximate surface area is 113 Å². The van der Waals surface area contributed by atoms with E-state index in [1.54, 1.807) is 0 Å². The van der Waals surface area contributed by atoms with Gasteiger partial charge in [0.05, 0.1) is 5.56 Å². The summed E-state index contributed by atoms with van der Waals surface area (Å²) in [6.45, 7) is 0. The summed E-state index contributed by atoms with van der Waals surface area (Å²) in [6.07, 6.45) is -10.3. The van der Waals surface area contributed by atoms with E-state index in [0.29, 0.717) is 6.07 Å². The van der Waals surface area contributed by atoms with Crippen molar-refractivity contribution in [1.82, 2.24) is 0 Å². The maximum absolute atomic E-state index is 12.9. The first kappa shape index (κ1) is 14.7. The fourth-order valence-electron chi connectivity index (χ4n) is 1.54. The quantitative estimate of drug-likeness (QED) is 0.677. The molecule has 0 saturated heterocycles. The summed E-state index contributed by atoms with van der Waals surface area (Å²) in [5.41, 5.74) is -3.61. The van der Waals surface area contributed by atoms with Crippen LogP contribution in [-0.2, 0) is 12.4 Å². The first-order chi connectivity index (χ1) is 9.19. The van der Waals surface area contributed by atoms with E-state index in [0.717, 1.165) is 23.5 Å². The minimum absolute atomic E-state index is 0.000163. The molecule has 8 heteroatoms. The predicted octanol–water partition coefficient (Wildman–Crippen LogP) is 5.38. The highest BCUT2D eigenvalue weighted by molar-refractivity contribution is 7.07. The SMILES string of the molecule is FC(F)(F)c1cccc(Oc2c[c]sc2)c1C(F)(F)F. The average Bonchev–Trinajstić information content (AvgIpc) is 2.79. The van der Waals surface area contributed by atoms with Crippen molar-refractivity contribution in [3.8, 4) is 11.5 Å². The molecule has 1 radical (unpaired) electrons. The van der Waals surface area contributed by atoms with Crippen LogP contribution in [0.1, 0.15) is 11.1 Å². The van der Waals surface area contributed by atoms with E-state index in [1.807, 2.05) is 0 Å². The van der Waals surface area contributed by atoms with Crippen LogP contribution in [0.2, 0.25) is 0 Å². The van der Waals surface area contributed by atoms with Crippen molar-refractivity contribution in [3.63, 3.8) is 0 Å². The Morgan fingerprint density at radius 2 is 1.70 bits per heavy atom. The van der Waals surface area contributed by atoms with Crippen molar-refractivity contribution >= 4 is 11.3 Å². The molecular formula is C12H5F6OS. The highest BCUT2D eigenvalue weighted by Gasteiger charge is 2.45. The Morgan fingerprint density at radius 1 is 1.00 bits per heavy atom. The van der Waals surface area contributed by atoms with Crippen LogP contribution in [-0.4, -0.2) is 0 Å². The molecular weight excluding hydrogens is 306 g/mol. The Kier molecular flexibility index (Phi) is 3.68. The molecule has 0 unspecified atom stereocenters. The molecule has 0 amide bonds. The van der Waals surface area contributed by atoms with E-state index in [2.05, 4.69) is 5.38 Å². The van der Waals surface area contributed by atoms with Gasteiger partial charge in [-0.05, 0) is 12.1 Å². The van der Waals surface area contributed by atoms with Gasteiger partial charge in [-0.3, -0.25) is 0 Å². The van der Waals surface area contributed by atoms with E-state index in [1.165, 1.54) is 11.4 Å². The minimum Gasteiger partial charge on any atom is -0.456 e. The smallest absolute Gasteiger partial charge is 0.420 e. The number of ether oxygens (including phenoxy) is 1. The molecule has 2 aromatic rings. The standard InChI is InChI=1S/C12H5F6OS/c13-11(14,15)8-2-1-3-9(10(8)12(16,17)18)19-7-4-5-20-6-7/h1-4,6H. The van der Waals surface area contributed by atoms with Crippen molar-refractivity contribution in [2.75, 3.05) is 0 Å². The van der Waals surface area contributed by atoms with Crippen molar-refractivity contribution in [3.05, 3.63) is 46.2 Å². The second-order valence-corrected chi connectivity index (χ2v) is 4.38. The summed E-state index contributed by atoms with van der Waals surface area (Å²) in [5, 5.41) is 3.90. The fourth-order valence-corrected chi connectivity index (χ4v) is 2.03. The molecule has 0 aliphatic rings. The number of benzene rings is 1. The van der Waals surface area contributed by atoms with Crippen molar-refractivity contribution in [1.29, 1.82) is 0 Å². The maximum Gasteiger partial charge on any atom is 0.420 e. The van der Waals surface area contributed by atoms with Gasteiger partial charge in [-0.1, -0.05) is 6.07 Å². The zero-order chi connectivity index (χ0) is 15.0. The third-order valence-corrected chi connectivity index (χ3v) is 2.89. The van der Waals surface area contributed by atoms with Gasteiger partial charge in [-0.25, -0.2) is 0 Å². The third kappa shape index (κ3) is 3.06.